The Morgan fingerprint density at radius 2 is 2.00 bits per heavy atom. The minimum absolute atomic E-state index is 0.242. The third-order valence-corrected chi connectivity index (χ3v) is 2.30. The highest BCUT2D eigenvalue weighted by atomic mass is 19.1. The van der Waals surface area contributed by atoms with Gasteiger partial charge in [0.25, 0.3) is 0 Å². The van der Waals surface area contributed by atoms with E-state index in [1.165, 1.54) is 6.07 Å². The van der Waals surface area contributed by atoms with Crippen molar-refractivity contribution in [2.45, 2.75) is 25.9 Å². The van der Waals surface area contributed by atoms with Crippen LogP contribution in [-0.2, 0) is 4.79 Å². The number of rotatable bonds is 4. The molecule has 0 aliphatic carbocycles. The van der Waals surface area contributed by atoms with Gasteiger partial charge in [-0.15, -0.1) is 0 Å². The van der Waals surface area contributed by atoms with E-state index < -0.39 is 11.9 Å². The molecule has 0 aliphatic heterocycles. The summed E-state index contributed by atoms with van der Waals surface area (Å²) in [6.45, 7) is 3.44. The molecule has 4 heteroatoms. The summed E-state index contributed by atoms with van der Waals surface area (Å²) in [5.41, 5.74) is 5.64. The van der Waals surface area contributed by atoms with Gasteiger partial charge in [-0.1, -0.05) is 18.2 Å². The molecule has 2 atom stereocenters. The molecule has 3 N–H and O–H groups in total. The van der Waals surface area contributed by atoms with Crippen LogP contribution in [0.15, 0.2) is 24.3 Å². The second-order valence-electron chi connectivity index (χ2n) is 3.53. The number of halogens is 1. The quantitative estimate of drug-likeness (QED) is 0.788. The number of nitrogens with two attached hydrogens (primary N) is 1. The number of hydrogen-bond donors (Lipinski definition) is 2. The van der Waals surface area contributed by atoms with Crippen LogP contribution in [0.4, 0.5) is 4.39 Å². The topological polar surface area (TPSA) is 55.1 Å². The zero-order valence-electron chi connectivity index (χ0n) is 8.83. The van der Waals surface area contributed by atoms with Gasteiger partial charge in [-0.05, 0) is 19.9 Å². The summed E-state index contributed by atoms with van der Waals surface area (Å²) in [4.78, 5) is 10.8. The summed E-state index contributed by atoms with van der Waals surface area (Å²) >= 11 is 0. The first-order chi connectivity index (χ1) is 7.02. The number of carbonyl (C=O) groups excluding carboxylic acids is 1. The summed E-state index contributed by atoms with van der Waals surface area (Å²) in [6, 6.07) is 5.74. The van der Waals surface area contributed by atoms with Crippen molar-refractivity contribution in [1.82, 2.24) is 5.32 Å². The van der Waals surface area contributed by atoms with E-state index in [4.69, 9.17) is 5.73 Å². The summed E-state index contributed by atoms with van der Waals surface area (Å²) in [7, 11) is 0. The highest BCUT2D eigenvalue weighted by Gasteiger charge is 2.15. The van der Waals surface area contributed by atoms with E-state index >= 15 is 0 Å². The minimum atomic E-state index is -0.473. The van der Waals surface area contributed by atoms with Crippen molar-refractivity contribution in [1.29, 1.82) is 0 Å². The fourth-order valence-electron chi connectivity index (χ4n) is 1.37. The van der Waals surface area contributed by atoms with Gasteiger partial charge < -0.3 is 5.73 Å². The molecule has 1 amide bonds. The van der Waals surface area contributed by atoms with Crippen molar-refractivity contribution in [2.24, 2.45) is 5.73 Å². The third-order valence-electron chi connectivity index (χ3n) is 2.30. The Hall–Kier alpha value is -1.42. The Labute approximate surface area is 88.5 Å². The zero-order valence-corrected chi connectivity index (χ0v) is 8.83. The Morgan fingerprint density at radius 1 is 1.40 bits per heavy atom. The van der Waals surface area contributed by atoms with Gasteiger partial charge in [0.1, 0.15) is 5.82 Å². The first kappa shape index (κ1) is 11.7. The largest absolute Gasteiger partial charge is 0.368 e. The number of primary amides is 1. The lowest BCUT2D eigenvalue weighted by Crippen LogP contribution is -2.40. The van der Waals surface area contributed by atoms with Gasteiger partial charge in [-0.3, -0.25) is 10.1 Å². The maximum atomic E-state index is 13.3. The van der Waals surface area contributed by atoms with Crippen molar-refractivity contribution in [3.63, 3.8) is 0 Å². The number of benzene rings is 1. The first-order valence-electron chi connectivity index (χ1n) is 4.82. The van der Waals surface area contributed by atoms with Crippen LogP contribution >= 0.6 is 0 Å². The van der Waals surface area contributed by atoms with Gasteiger partial charge in [0.05, 0.1) is 6.04 Å². The molecule has 1 rings (SSSR count). The Morgan fingerprint density at radius 3 is 2.53 bits per heavy atom. The number of nitrogens with one attached hydrogen (secondary N) is 1. The number of amides is 1. The molecule has 0 aromatic heterocycles. The van der Waals surface area contributed by atoms with E-state index in [1.54, 1.807) is 32.0 Å². The Bertz CT molecular complexity index is 354. The molecule has 0 radical (unpaired) electrons. The van der Waals surface area contributed by atoms with Crippen LogP contribution in [0.2, 0.25) is 0 Å². The average Bonchev–Trinajstić information content (AvgIpc) is 2.18. The normalized spacial score (nSPS) is 14.6. The fourth-order valence-corrected chi connectivity index (χ4v) is 1.37. The molecular weight excluding hydrogens is 195 g/mol. The lowest BCUT2D eigenvalue weighted by atomic mass is 10.1. The van der Waals surface area contributed by atoms with E-state index in [2.05, 4.69) is 5.32 Å². The molecule has 3 nitrogen and oxygen atoms in total. The highest BCUT2D eigenvalue weighted by molar-refractivity contribution is 5.79. The smallest absolute Gasteiger partial charge is 0.234 e. The van der Waals surface area contributed by atoms with E-state index in [1.807, 2.05) is 0 Å². The fraction of sp³-hybridized carbons (Fsp3) is 0.364. The maximum absolute atomic E-state index is 13.3. The highest BCUT2D eigenvalue weighted by Crippen LogP contribution is 2.16. The van der Waals surface area contributed by atoms with E-state index in [0.29, 0.717) is 5.56 Å². The molecule has 0 heterocycles. The first-order valence-corrected chi connectivity index (χ1v) is 4.82. The van der Waals surface area contributed by atoms with Crippen LogP contribution in [-0.4, -0.2) is 11.9 Å². The lowest BCUT2D eigenvalue weighted by molar-refractivity contribution is -0.119. The predicted molar refractivity (Wildman–Crippen MR) is 56.6 cm³/mol. The molecular formula is C11H15FN2O. The standard InChI is InChI=1S/C11H15FN2O/c1-7(14-8(2)11(13)15)9-5-3-4-6-10(9)12/h3-8,14H,1-2H3,(H2,13,15). The van der Waals surface area contributed by atoms with Crippen molar-refractivity contribution < 1.29 is 9.18 Å². The van der Waals surface area contributed by atoms with E-state index in [0.717, 1.165) is 0 Å². The van der Waals surface area contributed by atoms with Crippen LogP contribution < -0.4 is 11.1 Å². The van der Waals surface area contributed by atoms with E-state index in [9.17, 15) is 9.18 Å². The molecule has 0 saturated carbocycles. The molecule has 0 saturated heterocycles. The predicted octanol–water partition coefficient (Wildman–Crippen LogP) is 1.35. The number of carbonyl (C=O) groups is 1. The molecule has 82 valence electrons. The minimum Gasteiger partial charge on any atom is -0.368 e. The van der Waals surface area contributed by atoms with Crippen molar-refractivity contribution in [3.8, 4) is 0 Å². The Kier molecular flexibility index (Phi) is 3.80. The van der Waals surface area contributed by atoms with Crippen molar-refractivity contribution >= 4 is 5.91 Å². The van der Waals surface area contributed by atoms with E-state index in [-0.39, 0.29) is 11.9 Å². The van der Waals surface area contributed by atoms with Crippen LogP contribution in [0.3, 0.4) is 0 Å². The molecule has 0 bridgehead atoms. The summed E-state index contributed by atoms with van der Waals surface area (Å²) in [5.74, 6) is -0.729. The second-order valence-corrected chi connectivity index (χ2v) is 3.53. The van der Waals surface area contributed by atoms with Crippen LogP contribution in [0.5, 0.6) is 0 Å². The monoisotopic (exact) mass is 210 g/mol. The Balaban J connectivity index is 2.73. The van der Waals surface area contributed by atoms with Crippen molar-refractivity contribution in [3.05, 3.63) is 35.6 Å². The molecule has 1 aromatic carbocycles. The van der Waals surface area contributed by atoms with Gasteiger partial charge in [-0.25, -0.2) is 4.39 Å². The lowest BCUT2D eigenvalue weighted by Gasteiger charge is -2.18. The second kappa shape index (κ2) is 4.89. The summed E-state index contributed by atoms with van der Waals surface area (Å²) in [5, 5.41) is 2.92. The van der Waals surface area contributed by atoms with Gasteiger partial charge >= 0.3 is 0 Å². The molecule has 2 unspecified atom stereocenters. The SMILES string of the molecule is CC(NC(C)c1ccccc1F)C(N)=O. The molecule has 15 heavy (non-hydrogen) atoms. The molecule has 0 aliphatic rings. The summed E-state index contributed by atoms with van der Waals surface area (Å²) in [6.07, 6.45) is 0. The maximum Gasteiger partial charge on any atom is 0.234 e. The summed E-state index contributed by atoms with van der Waals surface area (Å²) < 4.78 is 13.3. The molecule has 1 aromatic rings. The third kappa shape index (κ3) is 3.02. The number of hydrogen-bond acceptors (Lipinski definition) is 2. The van der Waals surface area contributed by atoms with Gasteiger partial charge in [-0.2, -0.15) is 0 Å². The molecule has 0 fully saturated rings. The van der Waals surface area contributed by atoms with Gasteiger partial charge in [0.15, 0.2) is 0 Å². The van der Waals surface area contributed by atoms with Crippen LogP contribution in [0.1, 0.15) is 25.5 Å². The molecule has 0 spiro atoms. The average molecular weight is 210 g/mol. The van der Waals surface area contributed by atoms with Crippen molar-refractivity contribution in [2.75, 3.05) is 0 Å². The van der Waals surface area contributed by atoms with Gasteiger partial charge in [0, 0.05) is 11.6 Å². The van der Waals surface area contributed by atoms with Gasteiger partial charge in [0.2, 0.25) is 5.91 Å². The zero-order chi connectivity index (χ0) is 11.4. The van der Waals surface area contributed by atoms with Crippen LogP contribution in [0.25, 0.3) is 0 Å². The van der Waals surface area contributed by atoms with Crippen LogP contribution in [0, 0.1) is 5.82 Å².